The SMILES string of the molecule is CC(=O)NC[C@@H]1COCCN1. The maximum absolute atomic E-state index is 10.5. The summed E-state index contributed by atoms with van der Waals surface area (Å²) < 4.78 is 5.20. The Morgan fingerprint density at radius 2 is 2.64 bits per heavy atom. The third-order valence-electron chi connectivity index (χ3n) is 1.60. The van der Waals surface area contributed by atoms with Gasteiger partial charge in [-0.1, -0.05) is 0 Å². The summed E-state index contributed by atoms with van der Waals surface area (Å²) in [5.74, 6) is 0.0115. The second-order valence-electron chi connectivity index (χ2n) is 2.66. The minimum absolute atomic E-state index is 0.0115. The van der Waals surface area contributed by atoms with Crippen LogP contribution in [-0.4, -0.2) is 38.3 Å². The molecule has 1 aliphatic heterocycles. The van der Waals surface area contributed by atoms with Crippen LogP contribution in [0.4, 0.5) is 0 Å². The van der Waals surface area contributed by atoms with Crippen LogP contribution in [0.5, 0.6) is 0 Å². The summed E-state index contributed by atoms with van der Waals surface area (Å²) in [7, 11) is 0. The van der Waals surface area contributed by atoms with Crippen molar-refractivity contribution >= 4 is 5.91 Å². The maximum Gasteiger partial charge on any atom is 0.216 e. The van der Waals surface area contributed by atoms with E-state index < -0.39 is 0 Å². The van der Waals surface area contributed by atoms with Crippen LogP contribution < -0.4 is 10.6 Å². The Hall–Kier alpha value is -0.610. The number of ether oxygens (including phenoxy) is 1. The van der Waals surface area contributed by atoms with Crippen molar-refractivity contribution in [2.75, 3.05) is 26.3 Å². The molecule has 0 aliphatic carbocycles. The van der Waals surface area contributed by atoms with E-state index in [0.29, 0.717) is 13.2 Å². The molecule has 4 heteroatoms. The van der Waals surface area contributed by atoms with Gasteiger partial charge in [0.1, 0.15) is 0 Å². The van der Waals surface area contributed by atoms with Gasteiger partial charge in [0.2, 0.25) is 5.91 Å². The molecule has 64 valence electrons. The van der Waals surface area contributed by atoms with Crippen LogP contribution in [0.15, 0.2) is 0 Å². The Morgan fingerprint density at radius 1 is 1.82 bits per heavy atom. The van der Waals surface area contributed by atoms with Gasteiger partial charge in [0.05, 0.1) is 13.2 Å². The average Bonchev–Trinajstić information content (AvgIpc) is 2.03. The lowest BCUT2D eigenvalue weighted by Gasteiger charge is -2.23. The topological polar surface area (TPSA) is 50.4 Å². The van der Waals surface area contributed by atoms with Crippen molar-refractivity contribution in [2.24, 2.45) is 0 Å². The number of hydrogen-bond acceptors (Lipinski definition) is 3. The first kappa shape index (κ1) is 8.49. The van der Waals surface area contributed by atoms with Gasteiger partial charge in [-0.25, -0.2) is 0 Å². The summed E-state index contributed by atoms with van der Waals surface area (Å²) in [5, 5.41) is 5.97. The standard InChI is InChI=1S/C7H14N2O2/c1-6(10)9-4-7-5-11-3-2-8-7/h7-8H,2-5H2,1H3,(H,9,10)/t7-/m1/s1. The molecule has 4 nitrogen and oxygen atoms in total. The van der Waals surface area contributed by atoms with E-state index in [1.165, 1.54) is 6.92 Å². The molecule has 0 radical (unpaired) electrons. The van der Waals surface area contributed by atoms with E-state index in [1.54, 1.807) is 0 Å². The highest BCUT2D eigenvalue weighted by atomic mass is 16.5. The quantitative estimate of drug-likeness (QED) is 0.548. The predicted molar refractivity (Wildman–Crippen MR) is 41.3 cm³/mol. The van der Waals surface area contributed by atoms with Gasteiger partial charge in [-0.2, -0.15) is 0 Å². The van der Waals surface area contributed by atoms with Crippen molar-refractivity contribution in [3.8, 4) is 0 Å². The number of carbonyl (C=O) groups excluding carboxylic acids is 1. The highest BCUT2D eigenvalue weighted by molar-refractivity contribution is 5.72. The van der Waals surface area contributed by atoms with Gasteiger partial charge in [0.15, 0.2) is 0 Å². The number of rotatable bonds is 2. The van der Waals surface area contributed by atoms with Crippen LogP contribution in [0.3, 0.4) is 0 Å². The third kappa shape index (κ3) is 3.34. The van der Waals surface area contributed by atoms with Crippen LogP contribution in [-0.2, 0) is 9.53 Å². The smallest absolute Gasteiger partial charge is 0.216 e. The van der Waals surface area contributed by atoms with E-state index in [-0.39, 0.29) is 11.9 Å². The first-order valence-electron chi connectivity index (χ1n) is 3.84. The molecule has 1 saturated heterocycles. The van der Waals surface area contributed by atoms with Crippen molar-refractivity contribution in [2.45, 2.75) is 13.0 Å². The van der Waals surface area contributed by atoms with E-state index in [9.17, 15) is 4.79 Å². The van der Waals surface area contributed by atoms with Gasteiger partial charge in [-0.3, -0.25) is 4.79 Å². The average molecular weight is 158 g/mol. The van der Waals surface area contributed by atoms with E-state index >= 15 is 0 Å². The first-order valence-corrected chi connectivity index (χ1v) is 3.84. The zero-order valence-electron chi connectivity index (χ0n) is 6.72. The molecule has 1 atom stereocenters. The van der Waals surface area contributed by atoms with Crippen LogP contribution in [0, 0.1) is 0 Å². The predicted octanol–water partition coefficient (Wildman–Crippen LogP) is -0.889. The van der Waals surface area contributed by atoms with Gasteiger partial charge in [-0.05, 0) is 0 Å². The second-order valence-corrected chi connectivity index (χ2v) is 2.66. The lowest BCUT2D eigenvalue weighted by Crippen LogP contribution is -2.47. The van der Waals surface area contributed by atoms with Gasteiger partial charge < -0.3 is 15.4 Å². The molecule has 0 unspecified atom stereocenters. The fourth-order valence-corrected chi connectivity index (χ4v) is 1.02. The maximum atomic E-state index is 10.5. The third-order valence-corrected chi connectivity index (χ3v) is 1.60. The van der Waals surface area contributed by atoms with Crippen LogP contribution in [0.1, 0.15) is 6.92 Å². The summed E-state index contributed by atoms with van der Waals surface area (Å²) in [6, 6.07) is 0.285. The highest BCUT2D eigenvalue weighted by Gasteiger charge is 2.12. The largest absolute Gasteiger partial charge is 0.378 e. The molecule has 1 amide bonds. The Morgan fingerprint density at radius 3 is 3.18 bits per heavy atom. The van der Waals surface area contributed by atoms with Crippen LogP contribution >= 0.6 is 0 Å². The monoisotopic (exact) mass is 158 g/mol. The van der Waals surface area contributed by atoms with Crippen LogP contribution in [0.2, 0.25) is 0 Å². The molecule has 1 rings (SSSR count). The van der Waals surface area contributed by atoms with Crippen molar-refractivity contribution in [3.05, 3.63) is 0 Å². The van der Waals surface area contributed by atoms with Crippen molar-refractivity contribution in [3.63, 3.8) is 0 Å². The molecular formula is C7H14N2O2. The fraction of sp³-hybridized carbons (Fsp3) is 0.857. The molecule has 0 aromatic rings. The summed E-state index contributed by atoms with van der Waals surface area (Å²) in [5.41, 5.74) is 0. The Labute approximate surface area is 66.3 Å². The summed E-state index contributed by atoms with van der Waals surface area (Å²) in [4.78, 5) is 10.5. The minimum Gasteiger partial charge on any atom is -0.378 e. The molecule has 1 fully saturated rings. The Kier molecular flexibility index (Phi) is 3.32. The normalized spacial score (nSPS) is 24.6. The van der Waals surface area contributed by atoms with Gasteiger partial charge in [0.25, 0.3) is 0 Å². The zero-order valence-corrected chi connectivity index (χ0v) is 6.72. The molecule has 2 N–H and O–H groups in total. The van der Waals surface area contributed by atoms with Gasteiger partial charge in [-0.15, -0.1) is 0 Å². The molecule has 1 heterocycles. The summed E-state index contributed by atoms with van der Waals surface area (Å²) in [6.45, 7) is 4.53. The van der Waals surface area contributed by atoms with Gasteiger partial charge in [0, 0.05) is 26.1 Å². The van der Waals surface area contributed by atoms with E-state index in [2.05, 4.69) is 10.6 Å². The number of morpholine rings is 1. The summed E-state index contributed by atoms with van der Waals surface area (Å²) >= 11 is 0. The van der Waals surface area contributed by atoms with Crippen molar-refractivity contribution in [1.29, 1.82) is 0 Å². The molecule has 0 aromatic carbocycles. The number of amides is 1. The lowest BCUT2D eigenvalue weighted by atomic mass is 10.3. The Bertz CT molecular complexity index is 132. The minimum atomic E-state index is 0.0115. The van der Waals surface area contributed by atoms with Gasteiger partial charge >= 0.3 is 0 Å². The zero-order chi connectivity index (χ0) is 8.10. The van der Waals surface area contributed by atoms with E-state index in [0.717, 1.165) is 13.2 Å². The van der Waals surface area contributed by atoms with Crippen molar-refractivity contribution < 1.29 is 9.53 Å². The molecule has 0 spiro atoms. The second kappa shape index (κ2) is 4.31. The molecule has 0 bridgehead atoms. The molecule has 11 heavy (non-hydrogen) atoms. The fourth-order valence-electron chi connectivity index (χ4n) is 1.02. The van der Waals surface area contributed by atoms with Crippen molar-refractivity contribution in [1.82, 2.24) is 10.6 Å². The van der Waals surface area contributed by atoms with Crippen LogP contribution in [0.25, 0.3) is 0 Å². The lowest BCUT2D eigenvalue weighted by molar-refractivity contribution is -0.119. The number of nitrogens with one attached hydrogen (secondary N) is 2. The Balaban J connectivity index is 2.09. The molecule has 0 saturated carbocycles. The highest BCUT2D eigenvalue weighted by Crippen LogP contribution is 1.90. The summed E-state index contributed by atoms with van der Waals surface area (Å²) in [6.07, 6.45) is 0. The number of carbonyl (C=O) groups is 1. The molecule has 0 aromatic heterocycles. The molecular weight excluding hydrogens is 144 g/mol. The molecule has 1 aliphatic rings. The van der Waals surface area contributed by atoms with E-state index in [4.69, 9.17) is 4.74 Å². The van der Waals surface area contributed by atoms with E-state index in [1.807, 2.05) is 0 Å². The number of hydrogen-bond donors (Lipinski definition) is 2. The first-order chi connectivity index (χ1) is 5.29.